The first-order valence-electron chi connectivity index (χ1n) is 9.57. The third kappa shape index (κ3) is 2.93. The molecule has 0 atom stereocenters. The number of hydrogen-bond acceptors (Lipinski definition) is 5. The Kier molecular flexibility index (Phi) is 4.09. The van der Waals surface area contributed by atoms with Crippen molar-refractivity contribution in [3.63, 3.8) is 0 Å². The zero-order valence-corrected chi connectivity index (χ0v) is 16.1. The number of aryl methyl sites for hydroxylation is 1. The third-order valence-electron chi connectivity index (χ3n) is 5.51. The minimum Gasteiger partial charge on any atom is -0.353 e. The van der Waals surface area contributed by atoms with Gasteiger partial charge < -0.3 is 14.8 Å². The molecule has 0 aliphatic carbocycles. The Bertz CT molecular complexity index is 1120. The lowest BCUT2D eigenvalue weighted by Crippen LogP contribution is -2.44. The number of rotatable bonds is 3. The first-order chi connectivity index (χ1) is 13.7. The molecule has 7 nitrogen and oxygen atoms in total. The van der Waals surface area contributed by atoms with E-state index in [1.54, 1.807) is 6.20 Å². The van der Waals surface area contributed by atoms with E-state index in [4.69, 9.17) is 0 Å². The van der Waals surface area contributed by atoms with E-state index in [0.717, 1.165) is 71.1 Å². The van der Waals surface area contributed by atoms with Crippen LogP contribution < -0.4 is 4.90 Å². The van der Waals surface area contributed by atoms with Crippen LogP contribution in [0.25, 0.3) is 33.5 Å². The average molecular weight is 373 g/mol. The average Bonchev–Trinajstić information content (AvgIpc) is 3.36. The molecule has 4 aromatic heterocycles. The van der Waals surface area contributed by atoms with Crippen LogP contribution in [0.15, 0.2) is 42.9 Å². The number of likely N-dealkylation sites (N-methyl/N-ethyl adjacent to an activating group) is 1. The van der Waals surface area contributed by atoms with E-state index < -0.39 is 0 Å². The Morgan fingerprint density at radius 3 is 2.68 bits per heavy atom. The molecule has 1 saturated heterocycles. The number of nitrogens with zero attached hydrogens (tertiary/aromatic N) is 5. The van der Waals surface area contributed by atoms with Gasteiger partial charge in [0, 0.05) is 55.7 Å². The van der Waals surface area contributed by atoms with Crippen LogP contribution in [0.5, 0.6) is 0 Å². The highest BCUT2D eigenvalue weighted by atomic mass is 15.3. The molecule has 0 bridgehead atoms. The summed E-state index contributed by atoms with van der Waals surface area (Å²) in [6.45, 7) is 6.19. The lowest BCUT2D eigenvalue weighted by atomic mass is 10.1. The van der Waals surface area contributed by atoms with E-state index in [1.807, 2.05) is 24.5 Å². The van der Waals surface area contributed by atoms with Gasteiger partial charge in [0.1, 0.15) is 5.82 Å². The van der Waals surface area contributed by atoms with Crippen LogP contribution in [0.1, 0.15) is 5.56 Å². The summed E-state index contributed by atoms with van der Waals surface area (Å²) in [5, 5.41) is 8.81. The molecule has 0 spiro atoms. The van der Waals surface area contributed by atoms with Crippen LogP contribution in [0, 0.1) is 6.92 Å². The maximum Gasteiger partial charge on any atom is 0.138 e. The molecule has 0 amide bonds. The van der Waals surface area contributed by atoms with Crippen LogP contribution in [-0.2, 0) is 0 Å². The van der Waals surface area contributed by atoms with Crippen molar-refractivity contribution >= 4 is 16.7 Å². The Labute approximate surface area is 163 Å². The highest BCUT2D eigenvalue weighted by Crippen LogP contribution is 2.31. The Morgan fingerprint density at radius 1 is 1.00 bits per heavy atom. The summed E-state index contributed by atoms with van der Waals surface area (Å²) in [6.07, 6.45) is 5.54. The summed E-state index contributed by atoms with van der Waals surface area (Å²) >= 11 is 0. The van der Waals surface area contributed by atoms with Gasteiger partial charge >= 0.3 is 0 Å². The molecular weight excluding hydrogens is 350 g/mol. The van der Waals surface area contributed by atoms with Crippen molar-refractivity contribution in [3.8, 4) is 22.6 Å². The van der Waals surface area contributed by atoms with Crippen molar-refractivity contribution in [2.75, 3.05) is 38.1 Å². The molecule has 7 heteroatoms. The Morgan fingerprint density at radius 2 is 1.86 bits per heavy atom. The third-order valence-corrected chi connectivity index (χ3v) is 5.51. The molecule has 0 aromatic carbocycles. The molecule has 142 valence electrons. The Balaban J connectivity index is 1.51. The molecule has 4 aromatic rings. The number of fused-ring (bicyclic) bond motifs is 1. The van der Waals surface area contributed by atoms with Gasteiger partial charge in [-0.1, -0.05) is 0 Å². The number of pyridine rings is 2. The van der Waals surface area contributed by atoms with Crippen molar-refractivity contribution < 1.29 is 0 Å². The van der Waals surface area contributed by atoms with Gasteiger partial charge in [0.2, 0.25) is 0 Å². The summed E-state index contributed by atoms with van der Waals surface area (Å²) in [7, 11) is 2.17. The minimum absolute atomic E-state index is 0.900. The molecular formula is C21H23N7. The first kappa shape index (κ1) is 16.9. The minimum atomic E-state index is 0.900. The number of nitrogens with one attached hydrogen (secondary N) is 2. The van der Waals surface area contributed by atoms with Gasteiger partial charge in [0.15, 0.2) is 0 Å². The number of aromatic nitrogens is 5. The van der Waals surface area contributed by atoms with Gasteiger partial charge in [-0.05, 0) is 43.8 Å². The maximum atomic E-state index is 4.68. The Hall–Kier alpha value is -3.19. The second-order valence-electron chi connectivity index (χ2n) is 7.43. The molecule has 0 unspecified atom stereocenters. The molecule has 5 rings (SSSR count). The fourth-order valence-electron chi connectivity index (χ4n) is 3.78. The van der Waals surface area contributed by atoms with Crippen molar-refractivity contribution in [3.05, 3.63) is 48.4 Å². The number of aromatic amines is 2. The van der Waals surface area contributed by atoms with Gasteiger partial charge in [0.25, 0.3) is 0 Å². The van der Waals surface area contributed by atoms with E-state index in [9.17, 15) is 0 Å². The largest absolute Gasteiger partial charge is 0.353 e. The van der Waals surface area contributed by atoms with Gasteiger partial charge in [-0.15, -0.1) is 0 Å². The second kappa shape index (κ2) is 6.76. The zero-order chi connectivity index (χ0) is 19.1. The lowest BCUT2D eigenvalue weighted by Gasteiger charge is -2.33. The summed E-state index contributed by atoms with van der Waals surface area (Å²) in [4.78, 5) is 17.1. The molecule has 2 N–H and O–H groups in total. The molecule has 1 fully saturated rings. The predicted molar refractivity (Wildman–Crippen MR) is 111 cm³/mol. The van der Waals surface area contributed by atoms with E-state index in [1.165, 1.54) is 0 Å². The summed E-state index contributed by atoms with van der Waals surface area (Å²) in [5.74, 6) is 1.05. The van der Waals surface area contributed by atoms with Crippen LogP contribution in [0.2, 0.25) is 0 Å². The summed E-state index contributed by atoms with van der Waals surface area (Å²) < 4.78 is 0. The van der Waals surface area contributed by atoms with Crippen LogP contribution in [0.3, 0.4) is 0 Å². The van der Waals surface area contributed by atoms with E-state index in [0.29, 0.717) is 0 Å². The standard InChI is InChI=1S/C21H23N7/c1-14-3-5-22-13-16(14)18-12-20(26-25-18)19-11-15-17(24-19)4-6-23-21(15)28-9-7-27(2)8-10-28/h3-6,11-13,24H,7-10H2,1-2H3,(H,25,26). The second-order valence-corrected chi connectivity index (χ2v) is 7.43. The lowest BCUT2D eigenvalue weighted by molar-refractivity contribution is 0.312. The molecule has 1 aliphatic rings. The number of piperazine rings is 1. The number of anilines is 1. The predicted octanol–water partition coefficient (Wildman–Crippen LogP) is 3.08. The van der Waals surface area contributed by atoms with Crippen molar-refractivity contribution in [1.82, 2.24) is 30.0 Å². The number of H-pyrrole nitrogens is 2. The van der Waals surface area contributed by atoms with Crippen molar-refractivity contribution in [1.29, 1.82) is 0 Å². The maximum absolute atomic E-state index is 4.68. The highest BCUT2D eigenvalue weighted by Gasteiger charge is 2.19. The van der Waals surface area contributed by atoms with Crippen molar-refractivity contribution in [2.24, 2.45) is 0 Å². The van der Waals surface area contributed by atoms with Crippen molar-refractivity contribution in [2.45, 2.75) is 6.92 Å². The van der Waals surface area contributed by atoms with Crippen LogP contribution in [0.4, 0.5) is 5.82 Å². The highest BCUT2D eigenvalue weighted by molar-refractivity contribution is 5.94. The normalized spacial score (nSPS) is 15.4. The quantitative estimate of drug-likeness (QED) is 0.577. The molecule has 28 heavy (non-hydrogen) atoms. The van der Waals surface area contributed by atoms with Gasteiger partial charge in [0.05, 0.1) is 22.6 Å². The smallest absolute Gasteiger partial charge is 0.138 e. The van der Waals surface area contributed by atoms with E-state index >= 15 is 0 Å². The van der Waals surface area contributed by atoms with Gasteiger partial charge in [-0.3, -0.25) is 10.1 Å². The van der Waals surface area contributed by atoms with Crippen LogP contribution >= 0.6 is 0 Å². The zero-order valence-electron chi connectivity index (χ0n) is 16.1. The first-order valence-corrected chi connectivity index (χ1v) is 9.57. The van der Waals surface area contributed by atoms with Gasteiger partial charge in [-0.2, -0.15) is 5.10 Å². The molecule has 0 saturated carbocycles. The molecule has 0 radical (unpaired) electrons. The topological polar surface area (TPSA) is 76.7 Å². The fourth-order valence-corrected chi connectivity index (χ4v) is 3.78. The number of hydrogen-bond donors (Lipinski definition) is 2. The molecule has 5 heterocycles. The monoisotopic (exact) mass is 373 g/mol. The van der Waals surface area contributed by atoms with Crippen LogP contribution in [-0.4, -0.2) is 63.3 Å². The van der Waals surface area contributed by atoms with E-state index in [-0.39, 0.29) is 0 Å². The SMILES string of the molecule is Cc1ccncc1-c1cc(-c2cc3c(N4CCN(C)CC4)nccc3[nH]2)[nH]n1. The summed E-state index contributed by atoms with van der Waals surface area (Å²) in [6, 6.07) is 8.27. The van der Waals surface area contributed by atoms with E-state index in [2.05, 4.69) is 61.1 Å². The van der Waals surface area contributed by atoms with Gasteiger partial charge in [-0.25, -0.2) is 4.98 Å². The molecule has 1 aliphatic heterocycles. The summed E-state index contributed by atoms with van der Waals surface area (Å²) in [5.41, 5.74) is 6.16. The fraction of sp³-hybridized carbons (Fsp3) is 0.286.